The van der Waals surface area contributed by atoms with Crippen LogP contribution in [0.15, 0.2) is 66.0 Å². The van der Waals surface area contributed by atoms with E-state index in [1.165, 1.54) is 21.3 Å². The molecule has 1 aliphatic heterocycles. The molecule has 1 atom stereocenters. The number of amides is 1. The molecule has 0 aliphatic carbocycles. The van der Waals surface area contributed by atoms with Crippen LogP contribution in [0.1, 0.15) is 44.1 Å². The van der Waals surface area contributed by atoms with Gasteiger partial charge in [-0.3, -0.25) is 4.79 Å². The molecule has 1 amide bonds. The summed E-state index contributed by atoms with van der Waals surface area (Å²) in [6, 6.07) is 14.4. The standard InChI is InChI=1S/C26H26Cl2N4O2/c1-5-6-22-23(18-7-11-20(27)12-8-18)24(19-9-13-21(28)14-10-19)25-29-30(15-16(2)3)26(34)32(25)31(22)17(4)33/h5,7-14,16,22H,1,6,15H2,2-4H3. The summed E-state index contributed by atoms with van der Waals surface area (Å²) in [7, 11) is 0. The molecule has 3 aromatic rings. The fourth-order valence-electron chi connectivity index (χ4n) is 4.37. The lowest BCUT2D eigenvalue weighted by atomic mass is 9.86. The van der Waals surface area contributed by atoms with Crippen LogP contribution in [0, 0.1) is 5.92 Å². The van der Waals surface area contributed by atoms with E-state index in [1.807, 2.05) is 50.2 Å². The molecule has 2 aromatic carbocycles. The predicted molar refractivity (Wildman–Crippen MR) is 138 cm³/mol. The Labute approximate surface area is 208 Å². The Hall–Kier alpha value is -3.09. The van der Waals surface area contributed by atoms with Gasteiger partial charge in [-0.1, -0.05) is 67.4 Å². The van der Waals surface area contributed by atoms with Gasteiger partial charge in [-0.15, -0.1) is 11.7 Å². The van der Waals surface area contributed by atoms with Crippen LogP contribution in [0.2, 0.25) is 10.0 Å². The highest BCUT2D eigenvalue weighted by molar-refractivity contribution is 6.31. The van der Waals surface area contributed by atoms with Crippen LogP contribution < -0.4 is 10.7 Å². The number of carbonyl (C=O) groups excluding carboxylic acids is 1. The number of aromatic nitrogens is 3. The summed E-state index contributed by atoms with van der Waals surface area (Å²) >= 11 is 12.4. The molecule has 176 valence electrons. The van der Waals surface area contributed by atoms with Crippen LogP contribution >= 0.6 is 23.2 Å². The average Bonchev–Trinajstić information content (AvgIpc) is 3.09. The summed E-state index contributed by atoms with van der Waals surface area (Å²) in [5.41, 5.74) is 3.00. The highest BCUT2D eigenvalue weighted by Crippen LogP contribution is 2.40. The molecule has 1 aliphatic rings. The number of nitrogens with zero attached hydrogens (tertiary/aromatic N) is 4. The fraction of sp³-hybridized carbons (Fsp3) is 0.269. The third-order valence-electron chi connectivity index (χ3n) is 5.69. The van der Waals surface area contributed by atoms with Crippen LogP contribution in [0.5, 0.6) is 0 Å². The van der Waals surface area contributed by atoms with Crippen molar-refractivity contribution in [3.8, 4) is 0 Å². The normalized spacial score (nSPS) is 15.6. The number of hydrogen-bond donors (Lipinski definition) is 0. The van der Waals surface area contributed by atoms with E-state index >= 15 is 0 Å². The third kappa shape index (κ3) is 4.36. The molecule has 1 unspecified atom stereocenters. The van der Waals surface area contributed by atoms with E-state index in [1.54, 1.807) is 18.2 Å². The number of rotatable bonds is 6. The van der Waals surface area contributed by atoms with E-state index in [0.717, 1.165) is 22.3 Å². The van der Waals surface area contributed by atoms with Gasteiger partial charge in [0, 0.05) is 29.1 Å². The first-order chi connectivity index (χ1) is 16.2. The maximum absolute atomic E-state index is 13.5. The molecule has 0 N–H and O–H groups in total. The van der Waals surface area contributed by atoms with Crippen LogP contribution in [0.4, 0.5) is 0 Å². The van der Waals surface area contributed by atoms with Gasteiger partial charge in [0.05, 0.1) is 6.04 Å². The lowest BCUT2D eigenvalue weighted by Gasteiger charge is -2.38. The molecule has 4 rings (SSSR count). The smallest absolute Gasteiger partial charge is 0.273 e. The molecule has 0 radical (unpaired) electrons. The summed E-state index contributed by atoms with van der Waals surface area (Å²) in [4.78, 5) is 26.5. The molecule has 0 fully saturated rings. The summed E-state index contributed by atoms with van der Waals surface area (Å²) in [6.07, 6.45) is 2.19. The van der Waals surface area contributed by atoms with Gasteiger partial charge in [-0.05, 0) is 53.3 Å². The van der Waals surface area contributed by atoms with E-state index in [4.69, 9.17) is 28.3 Å². The van der Waals surface area contributed by atoms with Gasteiger partial charge in [0.15, 0.2) is 5.82 Å². The summed E-state index contributed by atoms with van der Waals surface area (Å²) < 4.78 is 2.84. The summed E-state index contributed by atoms with van der Waals surface area (Å²) in [6.45, 7) is 9.84. The lowest BCUT2D eigenvalue weighted by molar-refractivity contribution is -0.118. The second-order valence-corrected chi connectivity index (χ2v) is 9.57. The molecule has 0 bridgehead atoms. The molecule has 8 heteroatoms. The van der Waals surface area contributed by atoms with E-state index in [9.17, 15) is 9.59 Å². The second kappa shape index (κ2) is 9.65. The molecule has 0 saturated heterocycles. The van der Waals surface area contributed by atoms with Crippen LogP contribution in [0.25, 0.3) is 11.1 Å². The maximum Gasteiger partial charge on any atom is 0.365 e. The van der Waals surface area contributed by atoms with E-state index in [-0.39, 0.29) is 17.5 Å². The van der Waals surface area contributed by atoms with E-state index in [0.29, 0.717) is 28.8 Å². The summed E-state index contributed by atoms with van der Waals surface area (Å²) in [5, 5.41) is 7.42. The van der Waals surface area contributed by atoms with Gasteiger partial charge in [0.1, 0.15) is 0 Å². The van der Waals surface area contributed by atoms with Crippen molar-refractivity contribution < 1.29 is 4.79 Å². The predicted octanol–water partition coefficient (Wildman–Crippen LogP) is 5.41. The highest BCUT2D eigenvalue weighted by atomic mass is 35.5. The van der Waals surface area contributed by atoms with Crippen molar-refractivity contribution in [2.75, 3.05) is 5.01 Å². The number of halogens is 2. The molecule has 6 nitrogen and oxygen atoms in total. The van der Waals surface area contributed by atoms with Crippen molar-refractivity contribution in [3.63, 3.8) is 0 Å². The summed E-state index contributed by atoms with van der Waals surface area (Å²) in [5.74, 6) is 0.345. The Balaban J connectivity index is 2.13. The quantitative estimate of drug-likeness (QED) is 0.428. The maximum atomic E-state index is 13.5. The van der Waals surface area contributed by atoms with Crippen molar-refractivity contribution in [2.24, 2.45) is 5.92 Å². The van der Waals surface area contributed by atoms with Crippen molar-refractivity contribution in [2.45, 2.75) is 39.8 Å². The zero-order valence-corrected chi connectivity index (χ0v) is 20.8. The van der Waals surface area contributed by atoms with Gasteiger partial charge in [-0.2, -0.15) is 4.68 Å². The Morgan fingerprint density at radius 1 is 1.06 bits per heavy atom. The molecule has 2 heterocycles. The fourth-order valence-corrected chi connectivity index (χ4v) is 4.62. The monoisotopic (exact) mass is 496 g/mol. The molecule has 34 heavy (non-hydrogen) atoms. The minimum absolute atomic E-state index is 0.197. The molecular formula is C26H26Cl2N4O2. The second-order valence-electron chi connectivity index (χ2n) is 8.70. The van der Waals surface area contributed by atoms with Crippen molar-refractivity contribution >= 4 is 40.3 Å². The van der Waals surface area contributed by atoms with Crippen molar-refractivity contribution in [1.29, 1.82) is 0 Å². The van der Waals surface area contributed by atoms with Gasteiger partial charge >= 0.3 is 5.69 Å². The number of carbonyl (C=O) groups is 1. The first kappa shape index (κ1) is 24.0. The van der Waals surface area contributed by atoms with Gasteiger partial charge in [0.25, 0.3) is 0 Å². The Morgan fingerprint density at radius 2 is 1.62 bits per heavy atom. The number of fused-ring (bicyclic) bond motifs is 1. The van der Waals surface area contributed by atoms with Gasteiger partial charge < -0.3 is 0 Å². The SMILES string of the molecule is C=CCC1C(c2ccc(Cl)cc2)=C(c2ccc(Cl)cc2)c2nn(CC(C)C)c(=O)n2N1C(C)=O. The molecule has 1 aromatic heterocycles. The van der Waals surface area contributed by atoms with E-state index < -0.39 is 6.04 Å². The minimum Gasteiger partial charge on any atom is -0.273 e. The third-order valence-corrected chi connectivity index (χ3v) is 6.20. The highest BCUT2D eigenvalue weighted by Gasteiger charge is 2.39. The van der Waals surface area contributed by atoms with E-state index in [2.05, 4.69) is 6.58 Å². The zero-order valence-electron chi connectivity index (χ0n) is 19.3. The van der Waals surface area contributed by atoms with Crippen LogP contribution in [0.3, 0.4) is 0 Å². The van der Waals surface area contributed by atoms with Crippen molar-refractivity contribution in [1.82, 2.24) is 14.5 Å². The first-order valence-electron chi connectivity index (χ1n) is 11.1. The lowest BCUT2D eigenvalue weighted by Crippen LogP contribution is -2.54. The Bertz CT molecular complexity index is 1320. The first-order valence-corrected chi connectivity index (χ1v) is 11.9. The Morgan fingerprint density at radius 3 is 2.12 bits per heavy atom. The Kier molecular flexibility index (Phi) is 6.82. The molecular weight excluding hydrogens is 471 g/mol. The molecule has 0 saturated carbocycles. The number of hydrogen-bond acceptors (Lipinski definition) is 3. The zero-order chi connectivity index (χ0) is 24.6. The van der Waals surface area contributed by atoms with Crippen LogP contribution in [-0.4, -0.2) is 26.4 Å². The van der Waals surface area contributed by atoms with Crippen molar-refractivity contribution in [3.05, 3.63) is 98.7 Å². The molecule has 0 spiro atoms. The largest absolute Gasteiger partial charge is 0.365 e. The van der Waals surface area contributed by atoms with Gasteiger partial charge in [0.2, 0.25) is 5.91 Å². The van der Waals surface area contributed by atoms with Gasteiger partial charge in [-0.25, -0.2) is 14.5 Å². The average molecular weight is 497 g/mol. The van der Waals surface area contributed by atoms with Crippen LogP contribution in [-0.2, 0) is 11.3 Å². The minimum atomic E-state index is -0.469. The topological polar surface area (TPSA) is 60.1 Å². The number of benzene rings is 2.